The van der Waals surface area contributed by atoms with Crippen molar-refractivity contribution in [3.05, 3.63) is 84.9 Å². The molecule has 20 heavy (non-hydrogen) atoms. The van der Waals surface area contributed by atoms with E-state index in [2.05, 4.69) is 91.5 Å². The molecule has 3 aromatic rings. The zero-order valence-corrected chi connectivity index (χ0v) is 12.6. The zero-order valence-electron chi connectivity index (χ0n) is 11.6. The molecule has 0 saturated heterocycles. The largest absolute Gasteiger partial charge is 0.118 e. The van der Waals surface area contributed by atoms with E-state index in [0.29, 0.717) is 0 Å². The van der Waals surface area contributed by atoms with Crippen LogP contribution in [0.5, 0.6) is 0 Å². The molecule has 3 rings (SSSR count). The minimum Gasteiger partial charge on any atom is -0.0628 e. The normalized spacial score (nSPS) is 10.7. The number of benzene rings is 3. The van der Waals surface area contributed by atoms with Crippen molar-refractivity contribution in [3.63, 3.8) is 0 Å². The van der Waals surface area contributed by atoms with Crippen LogP contribution in [0, 0.1) is 0 Å². The Hall–Kier alpha value is -2.12. The average Bonchev–Trinajstić information content (AvgIpc) is 2.56. The van der Waals surface area contributed by atoms with Gasteiger partial charge in [-0.3, -0.25) is 0 Å². The molecule has 0 aliphatic carbocycles. The number of hydrogen-bond acceptors (Lipinski definition) is 0. The van der Waals surface area contributed by atoms with Crippen molar-refractivity contribution in [3.8, 4) is 11.1 Å². The molecule has 0 unspecified atom stereocenters. The summed E-state index contributed by atoms with van der Waals surface area (Å²) in [5.74, 6) is 0. The average molecular weight is 273 g/mol. The first-order chi connectivity index (χ1) is 9.84. The molecule has 0 aliphatic heterocycles. The third kappa shape index (κ3) is 2.73. The molecule has 0 amide bonds. The van der Waals surface area contributed by atoms with E-state index in [1.807, 2.05) is 0 Å². The van der Waals surface area contributed by atoms with E-state index in [9.17, 15) is 0 Å². The first-order valence-corrected chi connectivity index (χ1v) is 8.89. The molecule has 1 radical (unpaired) electrons. The van der Waals surface area contributed by atoms with Crippen molar-refractivity contribution >= 4 is 19.2 Å². The maximum atomic E-state index is 2.36. The zero-order chi connectivity index (χ0) is 13.8. The summed E-state index contributed by atoms with van der Waals surface area (Å²) in [7, 11) is -0.643. The van der Waals surface area contributed by atoms with Crippen LogP contribution in [-0.2, 0) is 0 Å². The second-order valence-corrected chi connectivity index (χ2v) is 7.34. The lowest BCUT2D eigenvalue weighted by Crippen LogP contribution is -2.38. The van der Waals surface area contributed by atoms with E-state index in [1.165, 1.54) is 21.5 Å². The molecule has 3 aromatic carbocycles. The van der Waals surface area contributed by atoms with Crippen molar-refractivity contribution in [2.24, 2.45) is 0 Å². The summed E-state index contributed by atoms with van der Waals surface area (Å²) in [6.45, 7) is 2.36. The Balaban J connectivity index is 1.87. The molecule has 0 aromatic heterocycles. The van der Waals surface area contributed by atoms with E-state index in [1.54, 1.807) is 0 Å². The molecule has 0 fully saturated rings. The van der Waals surface area contributed by atoms with E-state index in [4.69, 9.17) is 0 Å². The van der Waals surface area contributed by atoms with E-state index in [-0.39, 0.29) is 0 Å². The smallest absolute Gasteiger partial charge is 0.0628 e. The minimum atomic E-state index is -0.643. The van der Waals surface area contributed by atoms with E-state index in [0.717, 1.165) is 0 Å². The molecule has 0 nitrogen and oxygen atoms in total. The van der Waals surface area contributed by atoms with E-state index < -0.39 is 8.80 Å². The maximum absolute atomic E-state index is 2.36. The van der Waals surface area contributed by atoms with Gasteiger partial charge in [-0.15, -0.1) is 0 Å². The van der Waals surface area contributed by atoms with Crippen LogP contribution in [0.2, 0.25) is 6.55 Å². The summed E-state index contributed by atoms with van der Waals surface area (Å²) < 4.78 is 0. The van der Waals surface area contributed by atoms with Gasteiger partial charge in [0, 0.05) is 0 Å². The van der Waals surface area contributed by atoms with Crippen LogP contribution in [0.15, 0.2) is 84.9 Å². The fourth-order valence-electron chi connectivity index (χ4n) is 2.40. The van der Waals surface area contributed by atoms with E-state index >= 15 is 0 Å². The van der Waals surface area contributed by atoms with Crippen molar-refractivity contribution in [2.45, 2.75) is 6.55 Å². The lowest BCUT2D eigenvalue weighted by Gasteiger charge is -2.11. The van der Waals surface area contributed by atoms with Gasteiger partial charge in [-0.1, -0.05) is 102 Å². The molecule has 0 bridgehead atoms. The Morgan fingerprint density at radius 3 is 1.55 bits per heavy atom. The molecular formula is C19H17Si. The summed E-state index contributed by atoms with van der Waals surface area (Å²) in [5.41, 5.74) is 2.57. The van der Waals surface area contributed by atoms with Gasteiger partial charge in [0.05, 0.1) is 0 Å². The van der Waals surface area contributed by atoms with Crippen LogP contribution >= 0.6 is 0 Å². The highest BCUT2D eigenvalue weighted by Gasteiger charge is 2.10. The molecule has 0 spiro atoms. The van der Waals surface area contributed by atoms with Crippen LogP contribution in [0.1, 0.15) is 0 Å². The van der Waals surface area contributed by atoms with Gasteiger partial charge in [-0.05, 0) is 11.1 Å². The van der Waals surface area contributed by atoms with Gasteiger partial charge in [-0.2, -0.15) is 0 Å². The van der Waals surface area contributed by atoms with Gasteiger partial charge in [-0.25, -0.2) is 0 Å². The second kappa shape index (κ2) is 5.89. The maximum Gasteiger partial charge on any atom is 0.118 e. The fraction of sp³-hybridized carbons (Fsp3) is 0.0526. The Kier molecular flexibility index (Phi) is 3.80. The molecule has 0 aliphatic rings. The third-order valence-electron chi connectivity index (χ3n) is 3.63. The fourth-order valence-corrected chi connectivity index (χ4v) is 4.09. The predicted molar refractivity (Wildman–Crippen MR) is 89.2 cm³/mol. The predicted octanol–water partition coefficient (Wildman–Crippen LogP) is 3.59. The van der Waals surface area contributed by atoms with Crippen molar-refractivity contribution in [1.82, 2.24) is 0 Å². The highest BCUT2D eigenvalue weighted by molar-refractivity contribution is 6.84. The standard InChI is InChI=1S/C19H17Si/c1-20(18-10-6-3-7-11-18)19-14-12-17(13-15-19)16-8-4-2-5-9-16/h2-15H,1H3. The summed E-state index contributed by atoms with van der Waals surface area (Å²) in [4.78, 5) is 0. The molecule has 0 saturated carbocycles. The molecule has 0 heterocycles. The molecule has 0 atom stereocenters. The Morgan fingerprint density at radius 2 is 0.950 bits per heavy atom. The first-order valence-electron chi connectivity index (χ1n) is 6.89. The van der Waals surface area contributed by atoms with Crippen LogP contribution in [-0.4, -0.2) is 8.80 Å². The Bertz CT molecular complexity index is 657. The first kappa shape index (κ1) is 12.9. The Labute approximate surface area is 122 Å². The van der Waals surface area contributed by atoms with Crippen molar-refractivity contribution < 1.29 is 0 Å². The lowest BCUT2D eigenvalue weighted by atomic mass is 10.1. The van der Waals surface area contributed by atoms with Crippen LogP contribution in [0.25, 0.3) is 11.1 Å². The second-order valence-electron chi connectivity index (χ2n) is 4.93. The van der Waals surface area contributed by atoms with Gasteiger partial charge >= 0.3 is 0 Å². The van der Waals surface area contributed by atoms with Crippen molar-refractivity contribution in [1.29, 1.82) is 0 Å². The summed E-state index contributed by atoms with van der Waals surface area (Å²) in [6, 6.07) is 30.4. The molecular weight excluding hydrogens is 256 g/mol. The topological polar surface area (TPSA) is 0 Å². The highest BCUT2D eigenvalue weighted by atomic mass is 28.3. The number of hydrogen-bond donors (Lipinski definition) is 0. The number of rotatable bonds is 3. The van der Waals surface area contributed by atoms with Crippen LogP contribution in [0.3, 0.4) is 0 Å². The SMILES string of the molecule is C[Si](c1ccccc1)c1ccc(-c2ccccc2)cc1. The van der Waals surface area contributed by atoms with Gasteiger partial charge in [0.2, 0.25) is 0 Å². The summed E-state index contributed by atoms with van der Waals surface area (Å²) in [5, 5.41) is 2.92. The monoisotopic (exact) mass is 273 g/mol. The van der Waals surface area contributed by atoms with Gasteiger partial charge in [0.25, 0.3) is 0 Å². The quantitative estimate of drug-likeness (QED) is 0.640. The summed E-state index contributed by atoms with van der Waals surface area (Å²) in [6.07, 6.45) is 0. The van der Waals surface area contributed by atoms with Gasteiger partial charge in [0.1, 0.15) is 8.80 Å². The Morgan fingerprint density at radius 1 is 0.500 bits per heavy atom. The van der Waals surface area contributed by atoms with Crippen LogP contribution in [0.4, 0.5) is 0 Å². The lowest BCUT2D eigenvalue weighted by molar-refractivity contribution is 1.63. The minimum absolute atomic E-state index is 0.643. The molecule has 0 N–H and O–H groups in total. The van der Waals surface area contributed by atoms with Gasteiger partial charge in [0.15, 0.2) is 0 Å². The van der Waals surface area contributed by atoms with Crippen molar-refractivity contribution in [2.75, 3.05) is 0 Å². The summed E-state index contributed by atoms with van der Waals surface area (Å²) >= 11 is 0. The third-order valence-corrected chi connectivity index (χ3v) is 6.03. The molecule has 1 heteroatoms. The van der Waals surface area contributed by atoms with Crippen LogP contribution < -0.4 is 10.4 Å². The molecule has 97 valence electrons. The highest BCUT2D eigenvalue weighted by Crippen LogP contribution is 2.17. The van der Waals surface area contributed by atoms with Gasteiger partial charge < -0.3 is 0 Å².